The van der Waals surface area contributed by atoms with E-state index in [0.717, 1.165) is 54.5 Å². The van der Waals surface area contributed by atoms with Gasteiger partial charge in [0.2, 0.25) is 5.95 Å². The average Bonchev–Trinajstić information content (AvgIpc) is 2.83. The van der Waals surface area contributed by atoms with Crippen LogP contribution in [-0.2, 0) is 4.74 Å². The van der Waals surface area contributed by atoms with E-state index < -0.39 is 0 Å². The fourth-order valence-electron chi connectivity index (χ4n) is 4.18. The molecule has 2 aliphatic rings. The Labute approximate surface area is 181 Å². The van der Waals surface area contributed by atoms with E-state index in [4.69, 9.17) is 9.72 Å². The minimum atomic E-state index is -0.0179. The van der Waals surface area contributed by atoms with Crippen LogP contribution in [0.3, 0.4) is 0 Å². The zero-order chi connectivity index (χ0) is 21.2. The van der Waals surface area contributed by atoms with Gasteiger partial charge in [0.05, 0.1) is 13.2 Å². The topological polar surface area (TPSA) is 74.7 Å². The molecule has 160 valence electrons. The largest absolute Gasteiger partial charge is 0.378 e. The molecule has 1 amide bonds. The van der Waals surface area contributed by atoms with Gasteiger partial charge < -0.3 is 19.4 Å². The standard InChI is InChI=1S/C23H26N6O2/c1-17-16-20(27-12-14-31-15-13-27)26-23(25-17)29-10-8-28(9-11-29)22(30)21-19-5-3-2-4-18(19)6-7-24-21/h2-7,16H,8-15H2,1H3. The number of amides is 1. The lowest BCUT2D eigenvalue weighted by Crippen LogP contribution is -2.49. The summed E-state index contributed by atoms with van der Waals surface area (Å²) >= 11 is 0. The van der Waals surface area contributed by atoms with E-state index in [1.54, 1.807) is 6.20 Å². The predicted molar refractivity (Wildman–Crippen MR) is 120 cm³/mol. The average molecular weight is 419 g/mol. The zero-order valence-electron chi connectivity index (χ0n) is 17.7. The van der Waals surface area contributed by atoms with Crippen molar-refractivity contribution < 1.29 is 9.53 Å². The number of anilines is 2. The van der Waals surface area contributed by atoms with Gasteiger partial charge in [-0.1, -0.05) is 24.3 Å². The molecule has 8 heteroatoms. The number of nitrogens with zero attached hydrogens (tertiary/aromatic N) is 6. The molecule has 2 aromatic heterocycles. The molecule has 2 aliphatic heterocycles. The van der Waals surface area contributed by atoms with E-state index in [-0.39, 0.29) is 5.91 Å². The van der Waals surface area contributed by atoms with Gasteiger partial charge in [-0.3, -0.25) is 9.78 Å². The fraction of sp³-hybridized carbons (Fsp3) is 0.391. The molecule has 0 unspecified atom stereocenters. The maximum atomic E-state index is 13.2. The van der Waals surface area contributed by atoms with Crippen molar-refractivity contribution >= 4 is 28.4 Å². The Morgan fingerprint density at radius 3 is 2.52 bits per heavy atom. The van der Waals surface area contributed by atoms with Crippen LogP contribution in [0, 0.1) is 6.92 Å². The van der Waals surface area contributed by atoms with E-state index in [0.29, 0.717) is 31.9 Å². The van der Waals surface area contributed by atoms with Crippen molar-refractivity contribution in [3.63, 3.8) is 0 Å². The first-order valence-corrected chi connectivity index (χ1v) is 10.8. The Bertz CT molecular complexity index is 1090. The fourth-order valence-corrected chi connectivity index (χ4v) is 4.18. The summed E-state index contributed by atoms with van der Waals surface area (Å²) in [5.74, 6) is 1.66. The van der Waals surface area contributed by atoms with Gasteiger partial charge in [0.25, 0.3) is 5.91 Å². The lowest BCUT2D eigenvalue weighted by atomic mass is 10.1. The Kier molecular flexibility index (Phi) is 5.38. The maximum Gasteiger partial charge on any atom is 0.273 e. The predicted octanol–water partition coefficient (Wildman–Crippen LogP) is 2.13. The van der Waals surface area contributed by atoms with Crippen molar-refractivity contribution in [2.75, 3.05) is 62.3 Å². The number of piperazine rings is 1. The van der Waals surface area contributed by atoms with Crippen molar-refractivity contribution in [1.29, 1.82) is 0 Å². The first kappa shape index (κ1) is 19.7. The van der Waals surface area contributed by atoms with E-state index in [1.165, 1.54) is 0 Å². The number of hydrogen-bond acceptors (Lipinski definition) is 7. The summed E-state index contributed by atoms with van der Waals surface area (Å²) in [5, 5.41) is 1.93. The number of ether oxygens (including phenoxy) is 1. The van der Waals surface area contributed by atoms with Crippen LogP contribution in [0.2, 0.25) is 0 Å². The Hall–Kier alpha value is -3.26. The van der Waals surface area contributed by atoms with E-state index >= 15 is 0 Å². The van der Waals surface area contributed by atoms with E-state index in [1.807, 2.05) is 48.2 Å². The van der Waals surface area contributed by atoms with Crippen molar-refractivity contribution in [3.8, 4) is 0 Å². The van der Waals surface area contributed by atoms with Crippen LogP contribution >= 0.6 is 0 Å². The third-order valence-corrected chi connectivity index (χ3v) is 5.89. The van der Waals surface area contributed by atoms with Gasteiger partial charge in [-0.2, -0.15) is 4.98 Å². The van der Waals surface area contributed by atoms with Crippen molar-refractivity contribution in [2.24, 2.45) is 0 Å². The van der Waals surface area contributed by atoms with Gasteiger partial charge in [0, 0.05) is 62.6 Å². The quantitative estimate of drug-likeness (QED) is 0.645. The molecular formula is C23H26N6O2. The van der Waals surface area contributed by atoms with Crippen LogP contribution in [0.25, 0.3) is 10.8 Å². The molecule has 1 aromatic carbocycles. The molecule has 0 aliphatic carbocycles. The summed E-state index contributed by atoms with van der Waals surface area (Å²) in [6.45, 7) is 7.77. The number of benzene rings is 1. The second-order valence-electron chi connectivity index (χ2n) is 7.93. The zero-order valence-corrected chi connectivity index (χ0v) is 17.7. The summed E-state index contributed by atoms with van der Waals surface area (Å²) in [6.07, 6.45) is 1.71. The molecule has 4 heterocycles. The first-order valence-electron chi connectivity index (χ1n) is 10.8. The number of morpholine rings is 1. The van der Waals surface area contributed by atoms with Crippen molar-refractivity contribution in [1.82, 2.24) is 19.9 Å². The monoisotopic (exact) mass is 418 g/mol. The van der Waals surface area contributed by atoms with Crippen LogP contribution in [-0.4, -0.2) is 78.2 Å². The molecule has 0 N–H and O–H groups in total. The molecule has 3 aromatic rings. The van der Waals surface area contributed by atoms with Crippen molar-refractivity contribution in [3.05, 3.63) is 54.0 Å². The maximum absolute atomic E-state index is 13.2. The molecule has 0 atom stereocenters. The highest BCUT2D eigenvalue weighted by Gasteiger charge is 2.26. The minimum Gasteiger partial charge on any atom is -0.378 e. The number of hydrogen-bond donors (Lipinski definition) is 0. The van der Waals surface area contributed by atoms with Crippen LogP contribution in [0.1, 0.15) is 16.2 Å². The Morgan fingerprint density at radius 2 is 1.71 bits per heavy atom. The lowest BCUT2D eigenvalue weighted by Gasteiger charge is -2.35. The van der Waals surface area contributed by atoms with Crippen LogP contribution in [0.4, 0.5) is 11.8 Å². The number of carbonyl (C=O) groups excluding carboxylic acids is 1. The molecule has 5 rings (SSSR count). The molecule has 0 spiro atoms. The number of aryl methyl sites for hydroxylation is 1. The minimum absolute atomic E-state index is 0.0179. The molecule has 0 radical (unpaired) electrons. The second-order valence-corrected chi connectivity index (χ2v) is 7.93. The number of rotatable bonds is 3. The Balaban J connectivity index is 1.30. The molecule has 0 bridgehead atoms. The number of aromatic nitrogens is 3. The lowest BCUT2D eigenvalue weighted by molar-refractivity contribution is 0.0742. The van der Waals surface area contributed by atoms with Gasteiger partial charge in [-0.15, -0.1) is 0 Å². The molecule has 2 saturated heterocycles. The summed E-state index contributed by atoms with van der Waals surface area (Å²) < 4.78 is 5.46. The highest BCUT2D eigenvalue weighted by atomic mass is 16.5. The smallest absolute Gasteiger partial charge is 0.273 e. The summed E-state index contributed by atoms with van der Waals surface area (Å²) in [7, 11) is 0. The van der Waals surface area contributed by atoms with Gasteiger partial charge >= 0.3 is 0 Å². The van der Waals surface area contributed by atoms with Crippen molar-refractivity contribution in [2.45, 2.75) is 6.92 Å². The normalized spacial score (nSPS) is 17.3. The van der Waals surface area contributed by atoms with Crippen LogP contribution < -0.4 is 9.80 Å². The highest BCUT2D eigenvalue weighted by Crippen LogP contribution is 2.22. The third kappa shape index (κ3) is 4.03. The van der Waals surface area contributed by atoms with Gasteiger partial charge in [0.15, 0.2) is 0 Å². The van der Waals surface area contributed by atoms with E-state index in [2.05, 4.69) is 19.8 Å². The first-order chi connectivity index (χ1) is 15.2. The van der Waals surface area contributed by atoms with E-state index in [9.17, 15) is 4.79 Å². The Morgan fingerprint density at radius 1 is 0.935 bits per heavy atom. The van der Waals surface area contributed by atoms with Gasteiger partial charge in [0.1, 0.15) is 11.5 Å². The second kappa shape index (κ2) is 8.47. The molecule has 8 nitrogen and oxygen atoms in total. The number of fused-ring (bicyclic) bond motifs is 1. The highest BCUT2D eigenvalue weighted by molar-refractivity contribution is 6.05. The molecular weight excluding hydrogens is 392 g/mol. The number of carbonyl (C=O) groups is 1. The summed E-state index contributed by atoms with van der Waals surface area (Å²) in [6, 6.07) is 11.8. The SMILES string of the molecule is Cc1cc(N2CCOCC2)nc(N2CCN(C(=O)c3nccc4ccccc34)CC2)n1. The summed E-state index contributed by atoms with van der Waals surface area (Å²) in [5.41, 5.74) is 1.47. The molecule has 2 fully saturated rings. The third-order valence-electron chi connectivity index (χ3n) is 5.89. The molecule has 31 heavy (non-hydrogen) atoms. The van der Waals surface area contributed by atoms with Gasteiger partial charge in [-0.05, 0) is 18.4 Å². The number of pyridine rings is 1. The van der Waals surface area contributed by atoms with Crippen LogP contribution in [0.5, 0.6) is 0 Å². The molecule has 0 saturated carbocycles. The van der Waals surface area contributed by atoms with Gasteiger partial charge in [-0.25, -0.2) is 4.98 Å². The van der Waals surface area contributed by atoms with Crippen LogP contribution in [0.15, 0.2) is 42.6 Å². The summed E-state index contributed by atoms with van der Waals surface area (Å²) in [4.78, 5) is 33.3.